The molecule has 2 aromatic carbocycles. The topological polar surface area (TPSA) is 103 Å². The van der Waals surface area contributed by atoms with Crippen molar-refractivity contribution in [2.45, 2.75) is 64.0 Å². The lowest BCUT2D eigenvalue weighted by atomic mass is 9.94. The van der Waals surface area contributed by atoms with Crippen LogP contribution in [-0.2, 0) is 0 Å². The van der Waals surface area contributed by atoms with Crippen molar-refractivity contribution in [3.63, 3.8) is 0 Å². The first-order valence-corrected chi connectivity index (χ1v) is 15.5. The maximum atomic E-state index is 9.41. The summed E-state index contributed by atoms with van der Waals surface area (Å²) >= 11 is 7.21. The predicted octanol–water partition coefficient (Wildman–Crippen LogP) is 6.28. The number of nitrogens with one attached hydrogen (secondary N) is 1. The van der Waals surface area contributed by atoms with Gasteiger partial charge < -0.3 is 19.3 Å². The lowest BCUT2D eigenvalue weighted by Gasteiger charge is -2.33. The highest BCUT2D eigenvalue weighted by Crippen LogP contribution is 2.49. The van der Waals surface area contributed by atoms with E-state index in [-0.39, 0.29) is 6.10 Å². The molecule has 0 radical (unpaired) electrons. The highest BCUT2D eigenvalue weighted by atomic mass is 35.5. The number of ether oxygens (including phenoxy) is 2. The molecule has 2 aliphatic heterocycles. The Hall–Kier alpha value is -3.61. The van der Waals surface area contributed by atoms with E-state index < -0.39 is 0 Å². The number of likely N-dealkylation sites (tertiary alicyclic amines) is 1. The van der Waals surface area contributed by atoms with E-state index in [2.05, 4.69) is 46.1 Å². The molecule has 3 aliphatic rings. The van der Waals surface area contributed by atoms with Gasteiger partial charge >= 0.3 is 6.01 Å². The summed E-state index contributed by atoms with van der Waals surface area (Å²) in [6, 6.07) is 9.17. The zero-order valence-electron chi connectivity index (χ0n) is 24.2. The fourth-order valence-corrected chi connectivity index (χ4v) is 6.84. The summed E-state index contributed by atoms with van der Waals surface area (Å²) in [6.45, 7) is 5.31. The van der Waals surface area contributed by atoms with Gasteiger partial charge in [0.1, 0.15) is 17.9 Å². The van der Waals surface area contributed by atoms with Gasteiger partial charge in [0.05, 0.1) is 28.9 Å². The van der Waals surface area contributed by atoms with Gasteiger partial charge in [-0.15, -0.1) is 0 Å². The lowest BCUT2D eigenvalue weighted by molar-refractivity contribution is 0.188. The van der Waals surface area contributed by atoms with E-state index in [1.807, 2.05) is 18.3 Å². The second-order valence-electron chi connectivity index (χ2n) is 12.1. The predicted molar refractivity (Wildman–Crippen MR) is 164 cm³/mol. The number of rotatable bonds is 8. The van der Waals surface area contributed by atoms with E-state index in [0.29, 0.717) is 47.3 Å². The van der Waals surface area contributed by atoms with Gasteiger partial charge in [0.15, 0.2) is 5.75 Å². The Morgan fingerprint density at radius 2 is 1.95 bits per heavy atom. The maximum absolute atomic E-state index is 9.41. The second-order valence-corrected chi connectivity index (χ2v) is 12.5. The largest absolute Gasteiger partial charge is 0.487 e. The molecule has 3 fully saturated rings. The Morgan fingerprint density at radius 3 is 2.74 bits per heavy atom. The van der Waals surface area contributed by atoms with Crippen molar-refractivity contribution in [3.8, 4) is 29.0 Å². The zero-order valence-corrected chi connectivity index (χ0v) is 25.0. The molecule has 218 valence electrons. The third-order valence-electron chi connectivity index (χ3n) is 9.02. The van der Waals surface area contributed by atoms with Crippen molar-refractivity contribution in [2.24, 2.45) is 5.92 Å². The van der Waals surface area contributed by atoms with Gasteiger partial charge in [-0.1, -0.05) is 17.7 Å². The van der Waals surface area contributed by atoms with Crippen LogP contribution in [0.3, 0.4) is 0 Å². The molecule has 4 aromatic rings. The van der Waals surface area contributed by atoms with E-state index in [1.165, 1.54) is 6.42 Å². The van der Waals surface area contributed by atoms with Gasteiger partial charge in [-0.05, 0) is 82.7 Å². The standard InChI is InChI=1S/C32H36ClN7O2/c1-19-7-10-26-24(16-35-38-26)27(19)28-25(33)15-23-29(30(28)42-22-8-9-22)36-32(41-18-21-6-4-13-39(21)2)37-31(23)40-14-3-5-20(17-40)11-12-34/h7,10,15-16,20-22H,3-6,8-9,11,13-14,17-18H2,1-2H3,(H,35,38)/t20?,21-/m0/s1. The Morgan fingerprint density at radius 1 is 1.10 bits per heavy atom. The normalized spacial score (nSPS) is 21.2. The number of H-pyrrole nitrogens is 1. The number of nitrogens with zero attached hydrogens (tertiary/aromatic N) is 6. The van der Waals surface area contributed by atoms with Crippen LogP contribution in [0.25, 0.3) is 32.9 Å². The molecule has 2 atom stereocenters. The van der Waals surface area contributed by atoms with Crippen LogP contribution in [0.2, 0.25) is 5.02 Å². The van der Waals surface area contributed by atoms with Crippen LogP contribution in [0.1, 0.15) is 50.5 Å². The number of nitriles is 1. The number of fused-ring (bicyclic) bond motifs is 2. The van der Waals surface area contributed by atoms with Crippen molar-refractivity contribution >= 4 is 39.2 Å². The molecular weight excluding hydrogens is 550 g/mol. The van der Waals surface area contributed by atoms with Gasteiger partial charge in [0, 0.05) is 47.5 Å². The van der Waals surface area contributed by atoms with Crippen LogP contribution in [0.5, 0.6) is 11.8 Å². The average Bonchev–Trinajstić information content (AvgIpc) is 3.51. The van der Waals surface area contributed by atoms with Crippen molar-refractivity contribution in [1.29, 1.82) is 5.26 Å². The van der Waals surface area contributed by atoms with Crippen LogP contribution >= 0.6 is 11.6 Å². The number of halogens is 1. The number of benzene rings is 2. The summed E-state index contributed by atoms with van der Waals surface area (Å²) in [6.07, 6.45) is 8.81. The van der Waals surface area contributed by atoms with Gasteiger partial charge in [0.2, 0.25) is 0 Å². The molecule has 9 nitrogen and oxygen atoms in total. The lowest BCUT2D eigenvalue weighted by Crippen LogP contribution is -2.36. The maximum Gasteiger partial charge on any atom is 0.319 e. The van der Waals surface area contributed by atoms with Crippen LogP contribution < -0.4 is 14.4 Å². The van der Waals surface area contributed by atoms with Crippen LogP contribution in [-0.4, -0.2) is 70.5 Å². The van der Waals surface area contributed by atoms with Crippen LogP contribution in [0, 0.1) is 24.2 Å². The number of piperidine rings is 1. The first-order valence-electron chi connectivity index (χ1n) is 15.1. The number of anilines is 1. The van der Waals surface area contributed by atoms with Gasteiger partial charge in [-0.2, -0.15) is 20.3 Å². The summed E-state index contributed by atoms with van der Waals surface area (Å²) in [5, 5.41) is 19.2. The van der Waals surface area contributed by atoms with Crippen molar-refractivity contribution in [3.05, 3.63) is 35.0 Å². The third-order valence-corrected chi connectivity index (χ3v) is 9.32. The molecule has 1 N–H and O–H groups in total. The van der Waals surface area contributed by atoms with Crippen molar-refractivity contribution in [2.75, 3.05) is 38.2 Å². The minimum atomic E-state index is 0.124. The molecular formula is C32H36ClN7O2. The van der Waals surface area contributed by atoms with E-state index in [0.717, 1.165) is 90.5 Å². The number of aromatic amines is 1. The summed E-state index contributed by atoms with van der Waals surface area (Å²) in [5.74, 6) is 1.77. The third kappa shape index (κ3) is 5.12. The number of hydrogen-bond donors (Lipinski definition) is 1. The SMILES string of the molecule is Cc1ccc2[nH]ncc2c1-c1c(Cl)cc2c(N3CCCC(CC#N)C3)nc(OC[C@@H]3CCCN3C)nc2c1OC1CC1. The molecule has 1 aliphatic carbocycles. The van der Waals surface area contributed by atoms with Gasteiger partial charge in [0.25, 0.3) is 0 Å². The number of aryl methyl sites for hydroxylation is 1. The molecule has 0 amide bonds. The minimum Gasteiger partial charge on any atom is -0.487 e. The molecule has 2 aromatic heterocycles. The molecule has 1 saturated carbocycles. The van der Waals surface area contributed by atoms with Crippen molar-refractivity contribution in [1.82, 2.24) is 25.1 Å². The van der Waals surface area contributed by atoms with Gasteiger partial charge in [-0.3, -0.25) is 5.10 Å². The number of likely N-dealkylation sites (N-methyl/N-ethyl adjacent to an activating group) is 1. The van der Waals surface area contributed by atoms with E-state index in [1.54, 1.807) is 0 Å². The van der Waals surface area contributed by atoms with E-state index in [9.17, 15) is 5.26 Å². The average molecular weight is 586 g/mol. The molecule has 10 heteroatoms. The first-order chi connectivity index (χ1) is 20.5. The molecule has 2 saturated heterocycles. The Balaban J connectivity index is 1.42. The Kier molecular flexibility index (Phi) is 7.28. The van der Waals surface area contributed by atoms with Gasteiger partial charge in [-0.25, -0.2) is 0 Å². The van der Waals surface area contributed by atoms with Crippen LogP contribution in [0.15, 0.2) is 24.4 Å². The number of hydrogen-bond acceptors (Lipinski definition) is 8. The quantitative estimate of drug-likeness (QED) is 0.258. The number of aromatic nitrogens is 4. The molecule has 42 heavy (non-hydrogen) atoms. The second kappa shape index (κ2) is 11.2. The van der Waals surface area contributed by atoms with Crippen LogP contribution in [0.4, 0.5) is 5.82 Å². The fourth-order valence-electron chi connectivity index (χ4n) is 6.55. The monoisotopic (exact) mass is 585 g/mol. The summed E-state index contributed by atoms with van der Waals surface area (Å²) < 4.78 is 13.1. The van der Waals surface area contributed by atoms with E-state index in [4.69, 9.17) is 31.0 Å². The fraction of sp³-hybridized carbons (Fsp3) is 0.500. The summed E-state index contributed by atoms with van der Waals surface area (Å²) in [4.78, 5) is 14.7. The minimum absolute atomic E-state index is 0.124. The highest BCUT2D eigenvalue weighted by molar-refractivity contribution is 6.35. The smallest absolute Gasteiger partial charge is 0.319 e. The van der Waals surface area contributed by atoms with E-state index >= 15 is 0 Å². The molecule has 0 spiro atoms. The first kappa shape index (κ1) is 27.2. The Bertz CT molecular complexity index is 1680. The highest BCUT2D eigenvalue weighted by Gasteiger charge is 2.32. The summed E-state index contributed by atoms with van der Waals surface area (Å²) in [5.41, 5.74) is 4.55. The zero-order chi connectivity index (χ0) is 28.8. The molecule has 1 unspecified atom stereocenters. The molecule has 4 heterocycles. The van der Waals surface area contributed by atoms with Crippen molar-refractivity contribution < 1.29 is 9.47 Å². The summed E-state index contributed by atoms with van der Waals surface area (Å²) in [7, 11) is 2.14. The molecule has 0 bridgehead atoms. The molecule has 7 rings (SSSR count). The Labute approximate surface area is 250 Å².